The Labute approximate surface area is 118 Å². The minimum absolute atomic E-state index is 0.0953. The number of aliphatic hydroxyl groups excluding tert-OH is 1. The van der Waals surface area contributed by atoms with Crippen LogP contribution in [-0.4, -0.2) is 32.7 Å². The molecule has 0 aliphatic heterocycles. The molecular formula is C15H20FN3O. The van der Waals surface area contributed by atoms with Crippen molar-refractivity contribution >= 4 is 0 Å². The molecule has 0 aliphatic carbocycles. The zero-order valence-electron chi connectivity index (χ0n) is 11.9. The van der Waals surface area contributed by atoms with Crippen molar-refractivity contribution in [2.24, 2.45) is 7.05 Å². The monoisotopic (exact) mass is 277 g/mol. The summed E-state index contributed by atoms with van der Waals surface area (Å²) in [4.78, 5) is 6.21. The molecule has 2 aromatic rings. The largest absolute Gasteiger partial charge is 0.395 e. The predicted molar refractivity (Wildman–Crippen MR) is 75.5 cm³/mol. The molecule has 0 spiro atoms. The molecule has 0 radical (unpaired) electrons. The SMILES string of the molecule is Cc1cc(CN(CCO)Cc2cncn2C)ccc1F. The molecule has 108 valence electrons. The van der Waals surface area contributed by atoms with Gasteiger partial charge in [0.1, 0.15) is 5.82 Å². The standard InChI is InChI=1S/C15H20FN3O/c1-12-7-13(3-4-15(12)16)9-19(5-6-20)10-14-8-17-11-18(14)2/h3-4,7-8,11,20H,5-6,9-10H2,1-2H3. The van der Waals surface area contributed by atoms with E-state index in [1.807, 2.05) is 23.9 Å². The van der Waals surface area contributed by atoms with Crippen molar-refractivity contribution in [2.45, 2.75) is 20.0 Å². The number of aryl methyl sites for hydroxylation is 2. The number of hydrogen-bond acceptors (Lipinski definition) is 3. The van der Waals surface area contributed by atoms with Crippen molar-refractivity contribution in [3.05, 3.63) is 53.4 Å². The molecular weight excluding hydrogens is 257 g/mol. The van der Waals surface area contributed by atoms with Gasteiger partial charge in [-0.25, -0.2) is 9.37 Å². The Morgan fingerprint density at radius 3 is 2.75 bits per heavy atom. The van der Waals surface area contributed by atoms with Gasteiger partial charge < -0.3 is 9.67 Å². The first kappa shape index (κ1) is 14.7. The number of halogens is 1. The van der Waals surface area contributed by atoms with Crippen LogP contribution in [0, 0.1) is 12.7 Å². The summed E-state index contributed by atoms with van der Waals surface area (Å²) in [7, 11) is 1.95. The fourth-order valence-corrected chi connectivity index (χ4v) is 2.18. The number of aliphatic hydroxyl groups is 1. The number of rotatable bonds is 6. The molecule has 0 amide bonds. The molecule has 1 N–H and O–H groups in total. The van der Waals surface area contributed by atoms with E-state index in [1.54, 1.807) is 19.3 Å². The minimum atomic E-state index is -0.186. The molecule has 2 rings (SSSR count). The van der Waals surface area contributed by atoms with Crippen LogP contribution in [0.15, 0.2) is 30.7 Å². The molecule has 1 heterocycles. The van der Waals surface area contributed by atoms with Crippen LogP contribution in [0.5, 0.6) is 0 Å². The zero-order chi connectivity index (χ0) is 14.5. The Morgan fingerprint density at radius 1 is 1.35 bits per heavy atom. The molecule has 0 unspecified atom stereocenters. The van der Waals surface area contributed by atoms with Gasteiger partial charge in [0, 0.05) is 32.9 Å². The van der Waals surface area contributed by atoms with Crippen molar-refractivity contribution in [2.75, 3.05) is 13.2 Å². The molecule has 0 bridgehead atoms. The molecule has 1 aromatic carbocycles. The number of aromatic nitrogens is 2. The van der Waals surface area contributed by atoms with Crippen LogP contribution < -0.4 is 0 Å². The lowest BCUT2D eigenvalue weighted by Gasteiger charge is -2.21. The van der Waals surface area contributed by atoms with E-state index in [0.29, 0.717) is 25.2 Å². The lowest BCUT2D eigenvalue weighted by atomic mass is 10.1. The summed E-state index contributed by atoms with van der Waals surface area (Å²) in [5.74, 6) is -0.186. The average molecular weight is 277 g/mol. The van der Waals surface area contributed by atoms with Gasteiger partial charge in [-0.2, -0.15) is 0 Å². The van der Waals surface area contributed by atoms with Crippen LogP contribution in [0.2, 0.25) is 0 Å². The van der Waals surface area contributed by atoms with Gasteiger partial charge in [0.05, 0.1) is 18.6 Å². The maximum Gasteiger partial charge on any atom is 0.126 e. The summed E-state index contributed by atoms with van der Waals surface area (Å²) in [6.45, 7) is 3.80. The Kier molecular flexibility index (Phi) is 4.87. The molecule has 0 fully saturated rings. The van der Waals surface area contributed by atoms with E-state index in [4.69, 9.17) is 0 Å². The quantitative estimate of drug-likeness (QED) is 0.876. The first-order chi connectivity index (χ1) is 9.60. The van der Waals surface area contributed by atoms with Gasteiger partial charge in [-0.1, -0.05) is 12.1 Å². The lowest BCUT2D eigenvalue weighted by molar-refractivity contribution is 0.181. The number of benzene rings is 1. The third-order valence-corrected chi connectivity index (χ3v) is 3.35. The Hall–Kier alpha value is -1.72. The first-order valence-electron chi connectivity index (χ1n) is 6.63. The molecule has 0 aliphatic rings. The second-order valence-corrected chi connectivity index (χ2v) is 5.01. The molecule has 20 heavy (non-hydrogen) atoms. The highest BCUT2D eigenvalue weighted by Gasteiger charge is 2.10. The van der Waals surface area contributed by atoms with Crippen molar-refractivity contribution in [3.63, 3.8) is 0 Å². The van der Waals surface area contributed by atoms with Crippen molar-refractivity contribution in [3.8, 4) is 0 Å². The topological polar surface area (TPSA) is 41.3 Å². The fraction of sp³-hybridized carbons (Fsp3) is 0.400. The Morgan fingerprint density at radius 2 is 2.15 bits per heavy atom. The highest BCUT2D eigenvalue weighted by molar-refractivity contribution is 5.23. The first-order valence-corrected chi connectivity index (χ1v) is 6.63. The summed E-state index contributed by atoms with van der Waals surface area (Å²) in [6.07, 6.45) is 3.58. The van der Waals surface area contributed by atoms with E-state index in [1.165, 1.54) is 6.07 Å². The second kappa shape index (κ2) is 6.63. The lowest BCUT2D eigenvalue weighted by Crippen LogP contribution is -2.27. The van der Waals surface area contributed by atoms with Crippen LogP contribution in [0.25, 0.3) is 0 Å². The van der Waals surface area contributed by atoms with E-state index in [2.05, 4.69) is 9.88 Å². The third-order valence-electron chi connectivity index (χ3n) is 3.35. The number of hydrogen-bond donors (Lipinski definition) is 1. The second-order valence-electron chi connectivity index (χ2n) is 5.01. The maximum atomic E-state index is 13.3. The van der Waals surface area contributed by atoms with Gasteiger partial charge in [0.2, 0.25) is 0 Å². The van der Waals surface area contributed by atoms with Crippen molar-refractivity contribution in [1.29, 1.82) is 0 Å². The maximum absolute atomic E-state index is 13.3. The zero-order valence-corrected chi connectivity index (χ0v) is 11.9. The van der Waals surface area contributed by atoms with Crippen LogP contribution in [0.1, 0.15) is 16.8 Å². The normalized spacial score (nSPS) is 11.2. The van der Waals surface area contributed by atoms with Gasteiger partial charge in [-0.3, -0.25) is 4.90 Å². The van der Waals surface area contributed by atoms with Gasteiger partial charge >= 0.3 is 0 Å². The third kappa shape index (κ3) is 3.65. The summed E-state index contributed by atoms with van der Waals surface area (Å²) in [6, 6.07) is 5.13. The summed E-state index contributed by atoms with van der Waals surface area (Å²) in [5.41, 5.74) is 2.77. The molecule has 4 nitrogen and oxygen atoms in total. The van der Waals surface area contributed by atoms with E-state index < -0.39 is 0 Å². The van der Waals surface area contributed by atoms with E-state index in [0.717, 1.165) is 11.3 Å². The van der Waals surface area contributed by atoms with Crippen molar-refractivity contribution < 1.29 is 9.50 Å². The average Bonchev–Trinajstić information content (AvgIpc) is 2.80. The van der Waals surface area contributed by atoms with Crippen LogP contribution >= 0.6 is 0 Å². The Balaban J connectivity index is 2.08. The van der Waals surface area contributed by atoms with Crippen molar-refractivity contribution in [1.82, 2.24) is 14.5 Å². The number of imidazole rings is 1. The van der Waals surface area contributed by atoms with E-state index in [-0.39, 0.29) is 12.4 Å². The van der Waals surface area contributed by atoms with Gasteiger partial charge in [-0.05, 0) is 24.1 Å². The fourth-order valence-electron chi connectivity index (χ4n) is 2.18. The summed E-state index contributed by atoms with van der Waals surface area (Å²) >= 11 is 0. The summed E-state index contributed by atoms with van der Waals surface area (Å²) < 4.78 is 15.2. The summed E-state index contributed by atoms with van der Waals surface area (Å²) in [5, 5.41) is 9.19. The molecule has 0 saturated heterocycles. The van der Waals surface area contributed by atoms with Crippen LogP contribution in [-0.2, 0) is 20.1 Å². The molecule has 0 saturated carbocycles. The van der Waals surface area contributed by atoms with Crippen LogP contribution in [0.4, 0.5) is 4.39 Å². The minimum Gasteiger partial charge on any atom is -0.395 e. The molecule has 0 atom stereocenters. The van der Waals surface area contributed by atoms with E-state index in [9.17, 15) is 9.50 Å². The Bertz CT molecular complexity index is 568. The van der Waals surface area contributed by atoms with Crippen LogP contribution in [0.3, 0.4) is 0 Å². The highest BCUT2D eigenvalue weighted by atomic mass is 19.1. The molecule has 5 heteroatoms. The van der Waals surface area contributed by atoms with Gasteiger partial charge in [0.25, 0.3) is 0 Å². The smallest absolute Gasteiger partial charge is 0.126 e. The highest BCUT2D eigenvalue weighted by Crippen LogP contribution is 2.13. The van der Waals surface area contributed by atoms with Gasteiger partial charge in [-0.15, -0.1) is 0 Å². The van der Waals surface area contributed by atoms with E-state index >= 15 is 0 Å². The van der Waals surface area contributed by atoms with Gasteiger partial charge in [0.15, 0.2) is 0 Å². The molecule has 1 aromatic heterocycles. The number of nitrogens with zero attached hydrogens (tertiary/aromatic N) is 3. The predicted octanol–water partition coefficient (Wildman–Crippen LogP) is 1.86.